The summed E-state index contributed by atoms with van der Waals surface area (Å²) >= 11 is 0. The van der Waals surface area contributed by atoms with Crippen LogP contribution in [0.4, 0.5) is 0 Å². The van der Waals surface area contributed by atoms with Crippen molar-refractivity contribution in [3.8, 4) is 0 Å². The van der Waals surface area contributed by atoms with E-state index in [1.54, 1.807) is 0 Å². The molecule has 0 aromatic heterocycles. The fraction of sp³-hybridized carbons (Fsp3) is 0.944. The Morgan fingerprint density at radius 1 is 0.920 bits per heavy atom. The van der Waals surface area contributed by atoms with E-state index in [2.05, 4.69) is 66.6 Å². The van der Waals surface area contributed by atoms with E-state index in [9.17, 15) is 4.79 Å². The first-order chi connectivity index (χ1) is 10.9. The van der Waals surface area contributed by atoms with E-state index in [-0.39, 0.29) is 11.4 Å². The Balaban J connectivity index is 5.15. The molecular formula is C18H42O4Si3. The lowest BCUT2D eigenvalue weighted by atomic mass is 9.73. The molecule has 1 atom stereocenters. The molecule has 0 aromatic rings. The van der Waals surface area contributed by atoms with Gasteiger partial charge in [0.2, 0.25) is 0 Å². The predicted molar refractivity (Wildman–Crippen MR) is 114 cm³/mol. The van der Waals surface area contributed by atoms with Crippen LogP contribution in [0.2, 0.25) is 51.9 Å². The van der Waals surface area contributed by atoms with Crippen molar-refractivity contribution in [3.63, 3.8) is 0 Å². The van der Waals surface area contributed by atoms with Gasteiger partial charge in [-0.1, -0.05) is 20.8 Å². The Morgan fingerprint density at radius 3 is 1.76 bits per heavy atom. The number of carbonyl (C=O) groups excluding carboxylic acids is 1. The minimum Gasteiger partial charge on any atom is -0.469 e. The van der Waals surface area contributed by atoms with Crippen molar-refractivity contribution in [2.75, 3.05) is 7.11 Å². The van der Waals surface area contributed by atoms with E-state index in [4.69, 9.17) is 13.0 Å². The fourth-order valence-corrected chi connectivity index (χ4v) is 18.8. The summed E-state index contributed by atoms with van der Waals surface area (Å²) in [6.07, 6.45) is 1.59. The van der Waals surface area contributed by atoms with Crippen LogP contribution in [0.25, 0.3) is 0 Å². The number of methoxy groups -OCH3 is 1. The highest BCUT2D eigenvalue weighted by molar-refractivity contribution is 6.87. The fourth-order valence-electron chi connectivity index (χ4n) is 4.32. The smallest absolute Gasteiger partial charge is 0.311 e. The van der Waals surface area contributed by atoms with E-state index in [1.807, 2.05) is 6.92 Å². The molecule has 150 valence electrons. The number of ether oxygens (including phenoxy) is 1. The van der Waals surface area contributed by atoms with Crippen LogP contribution in [0, 0.1) is 10.8 Å². The third kappa shape index (κ3) is 9.51. The molecule has 7 heteroatoms. The summed E-state index contributed by atoms with van der Waals surface area (Å²) < 4.78 is 18.1. The van der Waals surface area contributed by atoms with Gasteiger partial charge in [-0.15, -0.1) is 0 Å². The van der Waals surface area contributed by atoms with Crippen LogP contribution in [0.5, 0.6) is 0 Å². The lowest BCUT2D eigenvalue weighted by Crippen LogP contribution is -2.52. The summed E-state index contributed by atoms with van der Waals surface area (Å²) in [6, 6.07) is 0.998. The van der Waals surface area contributed by atoms with Crippen molar-refractivity contribution in [2.45, 2.75) is 92.4 Å². The Bertz CT molecular complexity index is 456. The number of hydrogen-bond donors (Lipinski definition) is 0. The van der Waals surface area contributed by atoms with E-state index >= 15 is 0 Å². The quantitative estimate of drug-likeness (QED) is 0.341. The van der Waals surface area contributed by atoms with Crippen molar-refractivity contribution in [2.24, 2.45) is 10.8 Å². The Kier molecular flexibility index (Phi) is 8.39. The van der Waals surface area contributed by atoms with Crippen LogP contribution in [0.15, 0.2) is 0 Å². The van der Waals surface area contributed by atoms with Gasteiger partial charge in [-0.25, -0.2) is 0 Å². The zero-order valence-electron chi connectivity index (χ0n) is 18.8. The van der Waals surface area contributed by atoms with Gasteiger partial charge in [0.05, 0.1) is 12.5 Å². The summed E-state index contributed by atoms with van der Waals surface area (Å²) in [7, 11) is -4.20. The molecule has 0 fully saturated rings. The zero-order valence-corrected chi connectivity index (χ0v) is 21.8. The molecule has 0 saturated carbocycles. The van der Waals surface area contributed by atoms with Gasteiger partial charge in [0.25, 0.3) is 0 Å². The average molecular weight is 407 g/mol. The van der Waals surface area contributed by atoms with E-state index < -0.39 is 30.6 Å². The zero-order chi connectivity index (χ0) is 20.3. The molecule has 0 amide bonds. The summed E-state index contributed by atoms with van der Waals surface area (Å²) in [5.41, 5.74) is -0.428. The van der Waals surface area contributed by atoms with Crippen molar-refractivity contribution >= 4 is 31.2 Å². The summed E-state index contributed by atoms with van der Waals surface area (Å²) in [4.78, 5) is 12.2. The van der Waals surface area contributed by atoms with Crippen molar-refractivity contribution < 1.29 is 17.8 Å². The van der Waals surface area contributed by atoms with Crippen molar-refractivity contribution in [3.05, 3.63) is 0 Å². The van der Waals surface area contributed by atoms with Crippen molar-refractivity contribution in [1.29, 1.82) is 0 Å². The van der Waals surface area contributed by atoms with Gasteiger partial charge in [-0.3, -0.25) is 4.79 Å². The summed E-state index contributed by atoms with van der Waals surface area (Å²) in [5, 5.41) is 0. The van der Waals surface area contributed by atoms with Gasteiger partial charge in [0.15, 0.2) is 16.6 Å². The maximum Gasteiger partial charge on any atom is 0.311 e. The second kappa shape index (κ2) is 8.37. The van der Waals surface area contributed by atoms with Crippen LogP contribution in [-0.4, -0.2) is 38.3 Å². The number of rotatable bonds is 10. The molecule has 0 aliphatic carbocycles. The third-order valence-corrected chi connectivity index (χ3v) is 14.7. The standard InChI is InChI=1S/C18H42O4Si3/c1-13-18(4,16(19)20-5)14-17(2,3)15-24(9,10)22-25(11,12)21-23(6,7)8/h13-15H2,1-12H3. The van der Waals surface area contributed by atoms with Gasteiger partial charge in [0, 0.05) is 0 Å². The molecular weight excluding hydrogens is 364 g/mol. The molecule has 0 radical (unpaired) electrons. The second-order valence-corrected chi connectivity index (χ2v) is 22.9. The Hall–Kier alpha value is 0.0406. The molecule has 0 aliphatic heterocycles. The van der Waals surface area contributed by atoms with Gasteiger partial charge >= 0.3 is 14.5 Å². The van der Waals surface area contributed by atoms with Crippen LogP contribution >= 0.6 is 0 Å². The molecule has 4 nitrogen and oxygen atoms in total. The minimum atomic E-state index is -2.14. The van der Waals surface area contributed by atoms with Gasteiger partial charge in [-0.2, -0.15) is 0 Å². The van der Waals surface area contributed by atoms with Gasteiger partial charge in [-0.05, 0) is 77.1 Å². The van der Waals surface area contributed by atoms with Crippen molar-refractivity contribution in [1.82, 2.24) is 0 Å². The number of hydrogen-bond acceptors (Lipinski definition) is 4. The maximum absolute atomic E-state index is 12.2. The average Bonchev–Trinajstić information content (AvgIpc) is 2.30. The molecule has 0 heterocycles. The monoisotopic (exact) mass is 406 g/mol. The predicted octanol–water partition coefficient (Wildman–Crippen LogP) is 5.77. The van der Waals surface area contributed by atoms with Crippen LogP contribution in [-0.2, 0) is 17.8 Å². The molecule has 0 rings (SSSR count). The molecule has 0 N–H and O–H groups in total. The molecule has 0 saturated heterocycles. The van der Waals surface area contributed by atoms with E-state index in [1.165, 1.54) is 7.11 Å². The second-order valence-electron chi connectivity index (χ2n) is 10.4. The Labute approximate surface area is 159 Å². The molecule has 1 unspecified atom stereocenters. The maximum atomic E-state index is 12.2. The first kappa shape index (κ1) is 25.0. The minimum absolute atomic E-state index is 0.0122. The largest absolute Gasteiger partial charge is 0.469 e. The molecule has 25 heavy (non-hydrogen) atoms. The summed E-state index contributed by atoms with van der Waals surface area (Å²) in [6.45, 7) is 24.1. The highest BCUT2D eigenvalue weighted by Crippen LogP contribution is 2.43. The van der Waals surface area contributed by atoms with Gasteiger partial charge < -0.3 is 13.0 Å². The van der Waals surface area contributed by atoms with E-state index in [0.717, 1.165) is 18.9 Å². The third-order valence-electron chi connectivity index (χ3n) is 4.31. The molecule has 0 spiro atoms. The molecule has 0 aromatic carbocycles. The number of carbonyl (C=O) groups is 1. The Morgan fingerprint density at radius 2 is 1.40 bits per heavy atom. The highest BCUT2D eigenvalue weighted by atomic mass is 28.5. The van der Waals surface area contributed by atoms with Crippen LogP contribution in [0.3, 0.4) is 0 Å². The normalized spacial score (nSPS) is 16.5. The summed E-state index contributed by atoms with van der Waals surface area (Å²) in [5.74, 6) is -0.111. The van der Waals surface area contributed by atoms with Crippen LogP contribution < -0.4 is 0 Å². The first-order valence-corrected chi connectivity index (χ1v) is 18.7. The van der Waals surface area contributed by atoms with Gasteiger partial charge in [0.1, 0.15) is 0 Å². The first-order valence-electron chi connectivity index (χ1n) is 9.36. The molecule has 0 bridgehead atoms. The van der Waals surface area contributed by atoms with Crippen LogP contribution in [0.1, 0.15) is 40.5 Å². The highest BCUT2D eigenvalue weighted by Gasteiger charge is 2.44. The topological polar surface area (TPSA) is 44.8 Å². The SMILES string of the molecule is CCC(C)(CC(C)(C)C[Si](C)(C)O[Si](C)(C)O[Si](C)(C)C)C(=O)OC. The molecule has 0 aliphatic rings. The lowest BCUT2D eigenvalue weighted by molar-refractivity contribution is -0.153. The van der Waals surface area contributed by atoms with E-state index in [0.29, 0.717) is 0 Å². The number of esters is 1. The lowest BCUT2D eigenvalue weighted by Gasteiger charge is -2.42.